The van der Waals surface area contributed by atoms with Crippen LogP contribution in [-0.2, 0) is 0 Å². The van der Waals surface area contributed by atoms with Crippen LogP contribution in [-0.4, -0.2) is 20.6 Å². The first kappa shape index (κ1) is 16.3. The van der Waals surface area contributed by atoms with E-state index < -0.39 is 41.0 Å². The van der Waals surface area contributed by atoms with E-state index in [1.807, 2.05) is 0 Å². The van der Waals surface area contributed by atoms with Crippen molar-refractivity contribution < 1.29 is 27.5 Å². The molecule has 9 heteroatoms. The molecule has 0 aliphatic rings. The van der Waals surface area contributed by atoms with Gasteiger partial charge in [0.25, 0.3) is 6.43 Å². The Hall–Kier alpha value is -2.61. The summed E-state index contributed by atoms with van der Waals surface area (Å²) in [5.74, 6) is -4.31. The summed E-state index contributed by atoms with van der Waals surface area (Å²) < 4.78 is 54.2. The van der Waals surface area contributed by atoms with Crippen LogP contribution >= 0.6 is 11.6 Å². The number of aromatic carboxylic acids is 1. The monoisotopic (exact) mass is 358 g/mol. The fourth-order valence-corrected chi connectivity index (χ4v) is 2.52. The minimum atomic E-state index is -3.16. The number of carboxylic acid groups (broad SMARTS) is 1. The average molecular weight is 359 g/mol. The Morgan fingerprint density at radius 3 is 2.46 bits per heavy atom. The minimum absolute atomic E-state index is 0.0139. The molecule has 0 saturated heterocycles. The van der Waals surface area contributed by atoms with Crippen LogP contribution in [0.1, 0.15) is 22.5 Å². The first-order valence-electron chi connectivity index (χ1n) is 6.48. The van der Waals surface area contributed by atoms with Gasteiger partial charge in [0.2, 0.25) is 0 Å². The molecule has 3 rings (SSSR count). The van der Waals surface area contributed by atoms with Crippen molar-refractivity contribution in [2.75, 3.05) is 0 Å². The number of carbonyl (C=O) groups is 1. The van der Waals surface area contributed by atoms with Crippen molar-refractivity contribution in [1.29, 1.82) is 0 Å². The van der Waals surface area contributed by atoms with Crippen LogP contribution in [0.15, 0.2) is 30.3 Å². The van der Waals surface area contributed by atoms with Crippen LogP contribution in [0.2, 0.25) is 5.15 Å². The van der Waals surface area contributed by atoms with Gasteiger partial charge in [-0.2, -0.15) is 0 Å². The van der Waals surface area contributed by atoms with E-state index in [1.54, 1.807) is 0 Å². The second-order valence-electron chi connectivity index (χ2n) is 4.84. The highest BCUT2D eigenvalue weighted by molar-refractivity contribution is 6.29. The molecule has 0 saturated carbocycles. The van der Waals surface area contributed by atoms with Crippen LogP contribution in [0.25, 0.3) is 16.7 Å². The van der Waals surface area contributed by atoms with E-state index in [0.29, 0.717) is 17.5 Å². The molecule has 2 aromatic heterocycles. The maximum atomic E-state index is 13.6. The van der Waals surface area contributed by atoms with Crippen molar-refractivity contribution >= 4 is 28.6 Å². The Bertz CT molecular complexity index is 972. The predicted octanol–water partition coefficient (Wildman–Crippen LogP) is 4.59. The number of alkyl halides is 2. The number of rotatable bonds is 3. The zero-order valence-electron chi connectivity index (χ0n) is 11.6. The smallest absolute Gasteiger partial charge is 0.352 e. The Balaban J connectivity index is 2.45. The zero-order chi connectivity index (χ0) is 17.6. The topological polar surface area (TPSA) is 55.1 Å². The number of halogens is 5. The molecule has 124 valence electrons. The molecule has 0 atom stereocenters. The third kappa shape index (κ3) is 2.58. The summed E-state index contributed by atoms with van der Waals surface area (Å²) in [6, 6.07) is 4.84. The van der Waals surface area contributed by atoms with E-state index in [4.69, 9.17) is 11.6 Å². The molecule has 0 aliphatic carbocycles. The molecule has 2 heterocycles. The highest BCUT2D eigenvalue weighted by atomic mass is 35.5. The SMILES string of the molecule is O=C(O)c1cc2ccc(Cl)nc2n1-c1cc(F)c(F)cc1C(F)F. The Kier molecular flexibility index (Phi) is 3.92. The molecule has 1 N–H and O–H groups in total. The van der Waals surface area contributed by atoms with Gasteiger partial charge in [-0.05, 0) is 24.3 Å². The summed E-state index contributed by atoms with van der Waals surface area (Å²) in [6.07, 6.45) is -3.16. The highest BCUT2D eigenvalue weighted by Crippen LogP contribution is 2.32. The second-order valence-corrected chi connectivity index (χ2v) is 5.23. The first-order chi connectivity index (χ1) is 11.3. The van der Waals surface area contributed by atoms with Gasteiger partial charge in [-0.3, -0.25) is 4.57 Å². The molecule has 1 aromatic carbocycles. The molecule has 0 aliphatic heterocycles. The molecule has 0 unspecified atom stereocenters. The van der Waals surface area contributed by atoms with Gasteiger partial charge in [0.15, 0.2) is 11.6 Å². The van der Waals surface area contributed by atoms with Gasteiger partial charge in [-0.1, -0.05) is 11.6 Å². The maximum absolute atomic E-state index is 13.6. The van der Waals surface area contributed by atoms with Crippen LogP contribution in [0.4, 0.5) is 17.6 Å². The standard InChI is InChI=1S/C15H7ClF4N2O2/c16-12-2-1-6-3-11(15(23)24)22(14(6)21-12)10-5-9(18)8(17)4-7(10)13(19)20/h1-5,13H,(H,23,24). The van der Waals surface area contributed by atoms with Crippen LogP contribution in [0, 0.1) is 11.6 Å². The lowest BCUT2D eigenvalue weighted by molar-refractivity contribution is 0.0688. The lowest BCUT2D eigenvalue weighted by Crippen LogP contribution is -2.10. The summed E-state index contributed by atoms with van der Waals surface area (Å²) in [4.78, 5) is 15.4. The lowest BCUT2D eigenvalue weighted by Gasteiger charge is -2.13. The third-order valence-corrected chi connectivity index (χ3v) is 3.59. The first-order valence-corrected chi connectivity index (χ1v) is 6.86. The van der Waals surface area contributed by atoms with Gasteiger partial charge in [0, 0.05) is 17.0 Å². The van der Waals surface area contributed by atoms with E-state index in [9.17, 15) is 27.5 Å². The minimum Gasteiger partial charge on any atom is -0.477 e. The largest absolute Gasteiger partial charge is 0.477 e. The summed E-state index contributed by atoms with van der Waals surface area (Å²) in [6.45, 7) is 0. The number of aromatic nitrogens is 2. The Morgan fingerprint density at radius 2 is 1.83 bits per heavy atom. The number of hydrogen-bond acceptors (Lipinski definition) is 2. The number of hydrogen-bond donors (Lipinski definition) is 1. The lowest BCUT2D eigenvalue weighted by atomic mass is 10.1. The van der Waals surface area contributed by atoms with Gasteiger partial charge in [0.1, 0.15) is 16.5 Å². The molecular formula is C15H7ClF4N2O2. The van der Waals surface area contributed by atoms with Gasteiger partial charge in [-0.15, -0.1) is 0 Å². The molecule has 0 fully saturated rings. The predicted molar refractivity (Wildman–Crippen MR) is 77.9 cm³/mol. The van der Waals surface area contributed by atoms with Gasteiger partial charge < -0.3 is 5.11 Å². The van der Waals surface area contributed by atoms with Crippen molar-refractivity contribution in [3.8, 4) is 5.69 Å². The van der Waals surface area contributed by atoms with Crippen molar-refractivity contribution in [2.45, 2.75) is 6.43 Å². The quantitative estimate of drug-likeness (QED) is 0.550. The van der Waals surface area contributed by atoms with E-state index in [1.165, 1.54) is 18.2 Å². The summed E-state index contributed by atoms with van der Waals surface area (Å²) in [5.41, 5.74) is -1.89. The van der Waals surface area contributed by atoms with Crippen LogP contribution in [0.3, 0.4) is 0 Å². The van der Waals surface area contributed by atoms with E-state index in [2.05, 4.69) is 4.98 Å². The number of benzene rings is 1. The van der Waals surface area contributed by atoms with Crippen molar-refractivity contribution in [3.05, 3.63) is 58.4 Å². The van der Waals surface area contributed by atoms with E-state index in [0.717, 1.165) is 4.57 Å². The summed E-state index contributed by atoms with van der Waals surface area (Å²) >= 11 is 5.77. The van der Waals surface area contributed by atoms with Crippen molar-refractivity contribution in [3.63, 3.8) is 0 Å². The molecule has 0 amide bonds. The third-order valence-electron chi connectivity index (χ3n) is 3.38. The van der Waals surface area contributed by atoms with Crippen LogP contribution < -0.4 is 0 Å². The molecule has 0 bridgehead atoms. The Labute approximate surface area is 136 Å². The normalized spacial score (nSPS) is 11.4. The summed E-state index contributed by atoms with van der Waals surface area (Å²) in [7, 11) is 0. The number of nitrogens with zero attached hydrogens (tertiary/aromatic N) is 2. The molecule has 0 spiro atoms. The van der Waals surface area contributed by atoms with Crippen LogP contribution in [0.5, 0.6) is 0 Å². The molecular weight excluding hydrogens is 352 g/mol. The zero-order valence-corrected chi connectivity index (χ0v) is 12.4. The second kappa shape index (κ2) is 5.79. The van der Waals surface area contributed by atoms with E-state index >= 15 is 0 Å². The average Bonchev–Trinajstić information content (AvgIpc) is 2.88. The number of fused-ring (bicyclic) bond motifs is 1. The molecule has 3 aromatic rings. The molecule has 0 radical (unpaired) electrons. The fourth-order valence-electron chi connectivity index (χ4n) is 2.38. The number of carboxylic acids is 1. The number of pyridine rings is 1. The van der Waals surface area contributed by atoms with E-state index in [-0.39, 0.29) is 10.8 Å². The fraction of sp³-hybridized carbons (Fsp3) is 0.0667. The molecule has 24 heavy (non-hydrogen) atoms. The Morgan fingerprint density at radius 1 is 1.17 bits per heavy atom. The highest BCUT2D eigenvalue weighted by Gasteiger charge is 2.24. The van der Waals surface area contributed by atoms with Gasteiger partial charge in [-0.25, -0.2) is 27.3 Å². The van der Waals surface area contributed by atoms with Gasteiger partial charge in [0.05, 0.1) is 5.69 Å². The van der Waals surface area contributed by atoms with Crippen molar-refractivity contribution in [2.24, 2.45) is 0 Å². The molecule has 4 nitrogen and oxygen atoms in total. The van der Waals surface area contributed by atoms with Crippen molar-refractivity contribution in [1.82, 2.24) is 9.55 Å². The summed E-state index contributed by atoms with van der Waals surface area (Å²) in [5, 5.41) is 9.59. The maximum Gasteiger partial charge on any atom is 0.352 e. The van der Waals surface area contributed by atoms with Gasteiger partial charge >= 0.3 is 5.97 Å².